The van der Waals surface area contributed by atoms with Gasteiger partial charge in [-0.15, -0.1) is 0 Å². The van der Waals surface area contributed by atoms with Crippen molar-refractivity contribution < 1.29 is 9.47 Å². The van der Waals surface area contributed by atoms with Crippen molar-refractivity contribution in [1.29, 1.82) is 0 Å². The molecule has 0 bridgehead atoms. The van der Waals surface area contributed by atoms with Gasteiger partial charge in [-0.2, -0.15) is 0 Å². The molecule has 3 N–H and O–H groups in total. The molecule has 4 aliphatic heterocycles. The quantitative estimate of drug-likeness (QED) is 0.394. The minimum absolute atomic E-state index is 0.357. The van der Waals surface area contributed by atoms with Crippen LogP contribution in [0.15, 0.2) is 48.5 Å². The molecule has 6 rings (SSSR count). The van der Waals surface area contributed by atoms with Crippen LogP contribution >= 0.6 is 22.6 Å². The number of nitrogens with zero attached hydrogens (tertiary/aromatic N) is 1. The number of para-hydroxylation sites is 2. The second-order valence-corrected chi connectivity index (χ2v) is 9.69. The molecule has 4 aliphatic rings. The molecule has 0 amide bonds. The van der Waals surface area contributed by atoms with Gasteiger partial charge in [0.2, 0.25) is 0 Å². The maximum absolute atomic E-state index is 5.95. The maximum atomic E-state index is 5.95. The lowest BCUT2D eigenvalue weighted by atomic mass is 10.1. The van der Waals surface area contributed by atoms with Gasteiger partial charge in [0.05, 0.1) is 0 Å². The molecule has 0 aliphatic carbocycles. The van der Waals surface area contributed by atoms with Gasteiger partial charge >= 0.3 is 0 Å². The van der Waals surface area contributed by atoms with Crippen LogP contribution in [0.4, 0.5) is 0 Å². The van der Waals surface area contributed by atoms with E-state index < -0.39 is 0 Å². The normalized spacial score (nSPS) is 23.5. The molecule has 4 heterocycles. The minimum Gasteiger partial charge on any atom is -0.489 e. The fourth-order valence-electron chi connectivity index (χ4n) is 4.48. The molecule has 2 saturated heterocycles. The van der Waals surface area contributed by atoms with Crippen molar-refractivity contribution in [1.82, 2.24) is 20.9 Å². The summed E-state index contributed by atoms with van der Waals surface area (Å²) in [4.78, 5) is 2.49. The zero-order chi connectivity index (χ0) is 22.7. The van der Waals surface area contributed by atoms with E-state index in [4.69, 9.17) is 9.47 Å². The molecule has 0 saturated carbocycles. The third-order valence-electron chi connectivity index (χ3n) is 6.23. The molecule has 2 aromatic rings. The number of fused-ring (bicyclic) bond motifs is 2. The van der Waals surface area contributed by atoms with E-state index in [0.29, 0.717) is 12.2 Å². The molecule has 2 unspecified atom stereocenters. The van der Waals surface area contributed by atoms with Crippen molar-refractivity contribution in [2.75, 3.05) is 63.3 Å². The summed E-state index contributed by atoms with van der Waals surface area (Å²) >= 11 is 2.36. The maximum Gasteiger partial charge on any atom is 0.123 e. The van der Waals surface area contributed by atoms with Crippen molar-refractivity contribution in [2.24, 2.45) is 0 Å². The Morgan fingerprint density at radius 1 is 0.697 bits per heavy atom. The van der Waals surface area contributed by atoms with E-state index in [-0.39, 0.29) is 0 Å². The molecule has 0 spiro atoms. The SMILES string of the molecule is C1CNCCN1.ICC1Cc2ccccc2O1.c1ccc2c(c1)CC(CN1CCNCC1)O2. The highest BCUT2D eigenvalue weighted by atomic mass is 127. The van der Waals surface area contributed by atoms with E-state index in [2.05, 4.69) is 73.8 Å². The molecule has 33 heavy (non-hydrogen) atoms. The summed E-state index contributed by atoms with van der Waals surface area (Å²) in [5.41, 5.74) is 2.72. The number of rotatable bonds is 3. The zero-order valence-corrected chi connectivity index (χ0v) is 21.6. The molecule has 2 fully saturated rings. The van der Waals surface area contributed by atoms with Gasteiger partial charge in [0.25, 0.3) is 0 Å². The van der Waals surface area contributed by atoms with E-state index in [9.17, 15) is 0 Å². The highest BCUT2D eigenvalue weighted by molar-refractivity contribution is 14.1. The van der Waals surface area contributed by atoms with Crippen LogP contribution in [0.1, 0.15) is 11.1 Å². The average molecular weight is 565 g/mol. The smallest absolute Gasteiger partial charge is 0.123 e. The van der Waals surface area contributed by atoms with Crippen molar-refractivity contribution in [3.05, 3.63) is 59.7 Å². The first-order chi connectivity index (χ1) is 16.3. The third kappa shape index (κ3) is 7.82. The van der Waals surface area contributed by atoms with Gasteiger partial charge < -0.3 is 25.4 Å². The summed E-state index contributed by atoms with van der Waals surface area (Å²) in [6, 6.07) is 16.7. The summed E-state index contributed by atoms with van der Waals surface area (Å²) < 4.78 is 12.7. The Morgan fingerprint density at radius 2 is 1.18 bits per heavy atom. The van der Waals surface area contributed by atoms with Crippen LogP contribution < -0.4 is 25.4 Å². The van der Waals surface area contributed by atoms with Crippen LogP contribution in [0, 0.1) is 0 Å². The van der Waals surface area contributed by atoms with Crippen molar-refractivity contribution >= 4 is 22.6 Å². The summed E-state index contributed by atoms with van der Waals surface area (Å²) in [5.74, 6) is 2.16. The number of hydrogen-bond acceptors (Lipinski definition) is 6. The molecular weight excluding hydrogens is 527 g/mol. The van der Waals surface area contributed by atoms with Crippen molar-refractivity contribution in [3.63, 3.8) is 0 Å². The Morgan fingerprint density at radius 3 is 1.70 bits per heavy atom. The van der Waals surface area contributed by atoms with Gasteiger partial charge in [-0.05, 0) is 23.3 Å². The summed E-state index contributed by atoms with van der Waals surface area (Å²) in [7, 11) is 0. The molecule has 2 aromatic carbocycles. The van der Waals surface area contributed by atoms with Crippen LogP contribution in [0.25, 0.3) is 0 Å². The fourth-order valence-corrected chi connectivity index (χ4v) is 4.97. The Hall–Kier alpha value is -1.39. The van der Waals surface area contributed by atoms with Crippen molar-refractivity contribution in [3.8, 4) is 11.5 Å². The third-order valence-corrected chi connectivity index (χ3v) is 7.21. The van der Waals surface area contributed by atoms with E-state index in [1.54, 1.807) is 0 Å². The Balaban J connectivity index is 0.000000132. The first kappa shape index (κ1) is 24.7. The molecular formula is C26H37IN4O2. The molecule has 0 radical (unpaired) electrons. The number of ether oxygens (including phenoxy) is 2. The number of benzene rings is 2. The van der Waals surface area contributed by atoms with Gasteiger partial charge in [-0.1, -0.05) is 59.0 Å². The lowest BCUT2D eigenvalue weighted by Gasteiger charge is -2.29. The van der Waals surface area contributed by atoms with Crippen LogP contribution in [-0.2, 0) is 12.8 Å². The minimum atomic E-state index is 0.357. The van der Waals surface area contributed by atoms with Crippen LogP contribution in [-0.4, -0.2) is 80.4 Å². The molecule has 7 heteroatoms. The second-order valence-electron chi connectivity index (χ2n) is 8.81. The van der Waals surface area contributed by atoms with E-state index in [1.165, 1.54) is 11.1 Å². The summed E-state index contributed by atoms with van der Waals surface area (Å²) in [6.07, 6.45) is 2.92. The van der Waals surface area contributed by atoms with Crippen molar-refractivity contribution in [2.45, 2.75) is 25.0 Å². The molecule has 180 valence electrons. The lowest BCUT2D eigenvalue weighted by molar-refractivity contribution is 0.139. The number of alkyl halides is 1. The van der Waals surface area contributed by atoms with Gasteiger partial charge in [-0.25, -0.2) is 0 Å². The first-order valence-electron chi connectivity index (χ1n) is 12.2. The highest BCUT2D eigenvalue weighted by Gasteiger charge is 2.25. The number of halogens is 1. The van der Waals surface area contributed by atoms with Gasteiger partial charge in [0.15, 0.2) is 0 Å². The van der Waals surface area contributed by atoms with Gasteiger partial charge in [-0.3, -0.25) is 4.90 Å². The van der Waals surface area contributed by atoms with Gasteiger partial charge in [0.1, 0.15) is 23.7 Å². The largest absolute Gasteiger partial charge is 0.489 e. The number of nitrogens with one attached hydrogen (secondary N) is 3. The summed E-state index contributed by atoms with van der Waals surface area (Å²) in [6.45, 7) is 10.1. The predicted molar refractivity (Wildman–Crippen MR) is 143 cm³/mol. The summed E-state index contributed by atoms with van der Waals surface area (Å²) in [5, 5.41) is 9.82. The average Bonchev–Trinajstić information content (AvgIpc) is 3.50. The lowest BCUT2D eigenvalue weighted by Crippen LogP contribution is -2.47. The molecule has 0 aromatic heterocycles. The Labute approximate surface area is 211 Å². The highest BCUT2D eigenvalue weighted by Crippen LogP contribution is 2.29. The van der Waals surface area contributed by atoms with E-state index >= 15 is 0 Å². The zero-order valence-electron chi connectivity index (χ0n) is 19.4. The standard InChI is InChI=1S/C13H18N2O.C9H9IO.C4H10N2/c1-2-4-13-11(3-1)9-12(16-13)10-15-7-5-14-6-8-15;10-6-8-5-7-3-1-2-4-9(7)11-8;1-2-6-4-3-5-1/h1-4,12,14H,5-10H2;1-4,8H,5-6H2;5-6H,1-4H2. The van der Waals surface area contributed by atoms with Crippen LogP contribution in [0.2, 0.25) is 0 Å². The topological polar surface area (TPSA) is 57.8 Å². The predicted octanol–water partition coefficient (Wildman–Crippen LogP) is 2.50. The Bertz CT molecular complexity index is 781. The van der Waals surface area contributed by atoms with Crippen LogP contribution in [0.3, 0.4) is 0 Å². The van der Waals surface area contributed by atoms with Gasteiger partial charge in [0, 0.05) is 76.2 Å². The van der Waals surface area contributed by atoms with E-state index in [1.807, 2.05) is 18.2 Å². The van der Waals surface area contributed by atoms with Crippen LogP contribution in [0.5, 0.6) is 11.5 Å². The first-order valence-corrected chi connectivity index (χ1v) is 13.7. The van der Waals surface area contributed by atoms with E-state index in [0.717, 1.165) is 87.7 Å². The second kappa shape index (κ2) is 13.5. The molecule has 6 nitrogen and oxygen atoms in total. The Kier molecular flexibility index (Phi) is 10.1. The monoisotopic (exact) mass is 564 g/mol. The number of hydrogen-bond donors (Lipinski definition) is 3. The molecule has 2 atom stereocenters. The fraction of sp³-hybridized carbons (Fsp3) is 0.538. The number of piperazine rings is 2.